The van der Waals surface area contributed by atoms with Crippen molar-refractivity contribution in [2.75, 3.05) is 0 Å². The lowest BCUT2D eigenvalue weighted by Gasteiger charge is -2.56. The maximum Gasteiger partial charge on any atom is 0.0724 e. The first-order valence-electron chi connectivity index (χ1n) is 12.4. The fourth-order valence-corrected chi connectivity index (χ4v) is 8.35. The van der Waals surface area contributed by atoms with Crippen molar-refractivity contribution in [3.8, 4) is 0 Å². The molecule has 29 heavy (non-hydrogen) atoms. The zero-order chi connectivity index (χ0) is 20.1. The van der Waals surface area contributed by atoms with Gasteiger partial charge < -0.3 is 4.74 Å². The molecule has 1 aromatic rings. The van der Waals surface area contributed by atoms with Crippen molar-refractivity contribution in [3.63, 3.8) is 0 Å². The van der Waals surface area contributed by atoms with Crippen molar-refractivity contribution in [3.05, 3.63) is 47.5 Å². The molecule has 4 fully saturated rings. The molecular weight excluding hydrogens is 352 g/mol. The second kappa shape index (κ2) is 7.56. The molecule has 0 bridgehead atoms. The van der Waals surface area contributed by atoms with Gasteiger partial charge in [-0.15, -0.1) is 0 Å². The highest BCUT2D eigenvalue weighted by atomic mass is 16.5. The average molecular weight is 393 g/mol. The van der Waals surface area contributed by atoms with Crippen LogP contribution in [0.4, 0.5) is 0 Å². The van der Waals surface area contributed by atoms with E-state index in [1.165, 1.54) is 63.4 Å². The van der Waals surface area contributed by atoms with Crippen LogP contribution in [0.1, 0.15) is 84.1 Å². The van der Waals surface area contributed by atoms with Crippen molar-refractivity contribution in [2.45, 2.75) is 90.8 Å². The van der Waals surface area contributed by atoms with Gasteiger partial charge in [0.05, 0.1) is 12.2 Å². The minimum absolute atomic E-state index is 0.0818. The van der Waals surface area contributed by atoms with Crippen LogP contribution in [0.5, 0.6) is 0 Å². The Morgan fingerprint density at radius 2 is 1.72 bits per heavy atom. The minimum atomic E-state index is 0.0818. The lowest BCUT2D eigenvalue weighted by molar-refractivity contribution is -0.124. The molecule has 0 N–H and O–H groups in total. The van der Waals surface area contributed by atoms with Gasteiger partial charge in [0, 0.05) is 0 Å². The summed E-state index contributed by atoms with van der Waals surface area (Å²) in [7, 11) is 0. The van der Waals surface area contributed by atoms with Crippen LogP contribution >= 0.6 is 0 Å². The number of ether oxygens (including phenoxy) is 1. The number of fused-ring (bicyclic) bond motifs is 5. The summed E-state index contributed by atoms with van der Waals surface area (Å²) in [6.45, 7) is 8.06. The average Bonchev–Trinajstić information content (AvgIpc) is 3.09. The molecule has 0 saturated heterocycles. The summed E-state index contributed by atoms with van der Waals surface area (Å²) in [6.07, 6.45) is 15.1. The van der Waals surface area contributed by atoms with Gasteiger partial charge in [0.15, 0.2) is 0 Å². The Morgan fingerprint density at radius 1 is 0.931 bits per heavy atom. The monoisotopic (exact) mass is 392 g/mol. The molecule has 158 valence electrons. The third-order valence-corrected chi connectivity index (χ3v) is 9.85. The molecule has 1 heteroatoms. The Hall–Kier alpha value is -1.08. The second-order valence-electron chi connectivity index (χ2n) is 11.2. The van der Waals surface area contributed by atoms with Crippen molar-refractivity contribution in [1.29, 1.82) is 0 Å². The van der Waals surface area contributed by atoms with Gasteiger partial charge in [-0.2, -0.15) is 0 Å². The van der Waals surface area contributed by atoms with E-state index in [9.17, 15) is 0 Å². The highest BCUT2D eigenvalue weighted by molar-refractivity contribution is 5.23. The van der Waals surface area contributed by atoms with Crippen LogP contribution in [0.2, 0.25) is 0 Å². The fraction of sp³-hybridized carbons (Fsp3) is 0.714. The molecule has 0 spiro atoms. The van der Waals surface area contributed by atoms with Crippen molar-refractivity contribution >= 4 is 0 Å². The number of benzene rings is 1. The molecule has 0 heterocycles. The third kappa shape index (κ3) is 3.42. The van der Waals surface area contributed by atoms with E-state index in [-0.39, 0.29) is 5.60 Å². The Morgan fingerprint density at radius 3 is 2.52 bits per heavy atom. The predicted octanol–water partition coefficient (Wildman–Crippen LogP) is 7.56. The van der Waals surface area contributed by atoms with Crippen LogP contribution in [0.3, 0.4) is 0 Å². The summed E-state index contributed by atoms with van der Waals surface area (Å²) in [5, 5.41) is 0. The normalized spacial score (nSPS) is 45.5. The summed E-state index contributed by atoms with van der Waals surface area (Å²) in [5.74, 6) is 4.85. The van der Waals surface area contributed by atoms with Gasteiger partial charge in [-0.3, -0.25) is 0 Å². The first-order chi connectivity index (χ1) is 14.0. The lowest BCUT2D eigenvalue weighted by atomic mass is 9.49. The van der Waals surface area contributed by atoms with Gasteiger partial charge in [0.25, 0.3) is 0 Å². The maximum absolute atomic E-state index is 6.55. The lowest BCUT2D eigenvalue weighted by Crippen LogP contribution is -2.50. The van der Waals surface area contributed by atoms with Gasteiger partial charge in [-0.05, 0) is 112 Å². The largest absolute Gasteiger partial charge is 0.371 e. The fourth-order valence-electron chi connectivity index (χ4n) is 8.35. The zero-order valence-corrected chi connectivity index (χ0v) is 18.8. The Kier molecular flexibility index (Phi) is 5.18. The highest BCUT2D eigenvalue weighted by Gasteiger charge is 2.55. The summed E-state index contributed by atoms with van der Waals surface area (Å²) in [5.41, 5.74) is 3.71. The van der Waals surface area contributed by atoms with Crippen LogP contribution in [-0.2, 0) is 11.3 Å². The number of hydrogen-bond donors (Lipinski definition) is 0. The SMILES string of the molecule is C/C=C1/CC[C@H]2[C@@H]3CC[C@@H]4C[C@](C)(OCc5ccccc5)CC[C@@H]4[C@H]3CC[C@]12C. The highest BCUT2D eigenvalue weighted by Crippen LogP contribution is 2.64. The number of allylic oxidation sites excluding steroid dienone is 2. The van der Waals surface area contributed by atoms with E-state index >= 15 is 0 Å². The first kappa shape index (κ1) is 19.9. The molecule has 0 amide bonds. The van der Waals surface area contributed by atoms with Gasteiger partial charge in [-0.25, -0.2) is 0 Å². The summed E-state index contributed by atoms with van der Waals surface area (Å²) in [4.78, 5) is 0. The first-order valence-corrected chi connectivity index (χ1v) is 12.4. The molecule has 4 aliphatic rings. The minimum Gasteiger partial charge on any atom is -0.371 e. The quantitative estimate of drug-likeness (QED) is 0.482. The van der Waals surface area contributed by atoms with Gasteiger partial charge in [0.1, 0.15) is 0 Å². The third-order valence-electron chi connectivity index (χ3n) is 9.85. The zero-order valence-electron chi connectivity index (χ0n) is 18.8. The maximum atomic E-state index is 6.55. The Balaban J connectivity index is 1.26. The molecule has 4 saturated carbocycles. The summed E-state index contributed by atoms with van der Waals surface area (Å²) in [6, 6.07) is 10.7. The second-order valence-corrected chi connectivity index (χ2v) is 11.2. The summed E-state index contributed by atoms with van der Waals surface area (Å²) >= 11 is 0. The van der Waals surface area contributed by atoms with Gasteiger partial charge in [0.2, 0.25) is 0 Å². The van der Waals surface area contributed by atoms with Crippen LogP contribution in [0.15, 0.2) is 42.0 Å². The van der Waals surface area contributed by atoms with Gasteiger partial charge >= 0.3 is 0 Å². The topological polar surface area (TPSA) is 9.23 Å². The molecule has 1 aromatic carbocycles. The Bertz CT molecular complexity index is 751. The summed E-state index contributed by atoms with van der Waals surface area (Å²) < 4.78 is 6.55. The molecule has 5 rings (SSSR count). The smallest absolute Gasteiger partial charge is 0.0724 e. The van der Waals surface area contributed by atoms with E-state index in [0.717, 1.165) is 36.2 Å². The van der Waals surface area contributed by atoms with Crippen molar-refractivity contribution < 1.29 is 4.74 Å². The van der Waals surface area contributed by atoms with Crippen LogP contribution in [-0.4, -0.2) is 5.60 Å². The van der Waals surface area contributed by atoms with E-state index < -0.39 is 0 Å². The van der Waals surface area contributed by atoms with E-state index in [0.29, 0.717) is 5.41 Å². The van der Waals surface area contributed by atoms with E-state index in [2.05, 4.69) is 57.2 Å². The predicted molar refractivity (Wildman–Crippen MR) is 121 cm³/mol. The molecule has 7 atom stereocenters. The molecule has 0 aromatic heterocycles. The molecule has 0 radical (unpaired) electrons. The van der Waals surface area contributed by atoms with Crippen LogP contribution in [0.25, 0.3) is 0 Å². The molecular formula is C28H40O. The van der Waals surface area contributed by atoms with Crippen LogP contribution < -0.4 is 0 Å². The van der Waals surface area contributed by atoms with Crippen molar-refractivity contribution in [1.82, 2.24) is 0 Å². The van der Waals surface area contributed by atoms with E-state index in [1.54, 1.807) is 5.57 Å². The van der Waals surface area contributed by atoms with E-state index in [1.807, 2.05) is 0 Å². The number of hydrogen-bond acceptors (Lipinski definition) is 1. The van der Waals surface area contributed by atoms with E-state index in [4.69, 9.17) is 4.74 Å². The molecule has 0 aliphatic heterocycles. The van der Waals surface area contributed by atoms with Crippen molar-refractivity contribution in [2.24, 2.45) is 35.0 Å². The van der Waals surface area contributed by atoms with Gasteiger partial charge in [-0.1, -0.05) is 48.9 Å². The Labute approximate surface area is 178 Å². The standard InChI is InChI=1S/C28H40O/c1-4-22-11-13-26-25-12-10-21-18-27(2,29-19-20-8-6-5-7-9-20)16-14-23(21)24(25)15-17-28(22,26)3/h4-9,21,23-26H,10-19H2,1-3H3/b22-4-/t21-,23+,24-,25-,26+,27-,28-/m1/s1. The molecule has 4 aliphatic carbocycles. The van der Waals surface area contributed by atoms with Crippen LogP contribution in [0, 0.1) is 35.0 Å². The number of rotatable bonds is 3. The molecule has 0 unspecified atom stereocenters. The molecule has 1 nitrogen and oxygen atoms in total.